The second kappa shape index (κ2) is 7.36. The summed E-state index contributed by atoms with van der Waals surface area (Å²) in [7, 11) is 0. The summed E-state index contributed by atoms with van der Waals surface area (Å²) in [4.78, 5) is 39.3. The van der Waals surface area contributed by atoms with Crippen LogP contribution in [0.3, 0.4) is 0 Å². The minimum Gasteiger partial charge on any atom is -0.344 e. The van der Waals surface area contributed by atoms with E-state index >= 15 is 0 Å². The van der Waals surface area contributed by atoms with E-state index in [1.54, 1.807) is 0 Å². The Morgan fingerprint density at radius 1 is 1.00 bits per heavy atom. The molecule has 0 fully saturated rings. The Morgan fingerprint density at radius 2 is 1.75 bits per heavy atom. The molecular formula is C20H18N6O2. The molecule has 4 rings (SSSR count). The second-order valence-electron chi connectivity index (χ2n) is 6.29. The third-order valence-electron chi connectivity index (χ3n) is 4.35. The first-order valence-electron chi connectivity index (χ1n) is 8.77. The van der Waals surface area contributed by atoms with E-state index in [0.717, 1.165) is 16.6 Å². The van der Waals surface area contributed by atoms with Crippen LogP contribution in [-0.4, -0.2) is 31.8 Å². The fourth-order valence-corrected chi connectivity index (χ4v) is 2.91. The number of hydrogen-bond acceptors (Lipinski definition) is 4. The van der Waals surface area contributed by atoms with Crippen LogP contribution >= 0.6 is 0 Å². The van der Waals surface area contributed by atoms with Crippen molar-refractivity contribution in [2.24, 2.45) is 0 Å². The first-order chi connectivity index (χ1) is 13.6. The molecule has 140 valence electrons. The van der Waals surface area contributed by atoms with Gasteiger partial charge in [-0.2, -0.15) is 0 Å². The smallest absolute Gasteiger partial charge is 0.279 e. The van der Waals surface area contributed by atoms with Gasteiger partial charge in [-0.05, 0) is 24.6 Å². The zero-order valence-electron chi connectivity index (χ0n) is 15.1. The highest BCUT2D eigenvalue weighted by Crippen LogP contribution is 2.16. The molecular weight excluding hydrogens is 356 g/mol. The Hall–Kier alpha value is -3.94. The van der Waals surface area contributed by atoms with Crippen molar-refractivity contribution in [2.45, 2.75) is 13.0 Å². The summed E-state index contributed by atoms with van der Waals surface area (Å²) in [5.41, 5.74) is 2.59. The Morgan fingerprint density at radius 3 is 2.54 bits per heavy atom. The van der Waals surface area contributed by atoms with Crippen LogP contribution in [0, 0.1) is 0 Å². The summed E-state index contributed by atoms with van der Waals surface area (Å²) in [6, 6.07) is 16.8. The zero-order chi connectivity index (χ0) is 19.5. The molecule has 0 radical (unpaired) electrons. The van der Waals surface area contributed by atoms with Crippen LogP contribution in [0.4, 0.5) is 5.95 Å². The first kappa shape index (κ1) is 17.5. The third kappa shape index (κ3) is 3.48. The minimum absolute atomic E-state index is 0.00165. The molecule has 28 heavy (non-hydrogen) atoms. The summed E-state index contributed by atoms with van der Waals surface area (Å²) in [6.45, 7) is 1.87. The largest absolute Gasteiger partial charge is 0.344 e. The number of carbonyl (C=O) groups excluding carboxylic acids is 2. The summed E-state index contributed by atoms with van der Waals surface area (Å²) >= 11 is 0. The SMILES string of the molecule is CC(NC(=O)c1[nH]cnc1C(=O)Nc1nc2ccccc2[nH]1)c1ccccc1. The lowest BCUT2D eigenvalue weighted by molar-refractivity contribution is 0.0923. The average molecular weight is 374 g/mol. The predicted octanol–water partition coefficient (Wildman–Crippen LogP) is 3.03. The topological polar surface area (TPSA) is 116 Å². The van der Waals surface area contributed by atoms with Gasteiger partial charge < -0.3 is 15.3 Å². The van der Waals surface area contributed by atoms with Gasteiger partial charge in [0.05, 0.1) is 23.4 Å². The highest BCUT2D eigenvalue weighted by molar-refractivity contribution is 6.09. The average Bonchev–Trinajstić information content (AvgIpc) is 3.35. The fraction of sp³-hybridized carbons (Fsp3) is 0.100. The maximum absolute atomic E-state index is 12.6. The van der Waals surface area contributed by atoms with Crippen molar-refractivity contribution in [1.29, 1.82) is 0 Å². The van der Waals surface area contributed by atoms with Gasteiger partial charge in [-0.1, -0.05) is 42.5 Å². The quantitative estimate of drug-likeness (QED) is 0.430. The van der Waals surface area contributed by atoms with Gasteiger partial charge >= 0.3 is 0 Å². The lowest BCUT2D eigenvalue weighted by Crippen LogP contribution is -2.29. The van der Waals surface area contributed by atoms with E-state index in [2.05, 4.69) is 30.6 Å². The lowest BCUT2D eigenvalue weighted by Gasteiger charge is -2.14. The molecule has 0 aliphatic heterocycles. The number of nitrogens with zero attached hydrogens (tertiary/aromatic N) is 2. The Kier molecular flexibility index (Phi) is 4.59. The number of amides is 2. The molecule has 1 atom stereocenters. The molecule has 0 aliphatic carbocycles. The van der Waals surface area contributed by atoms with Gasteiger partial charge in [0.25, 0.3) is 11.8 Å². The number of imidazole rings is 2. The van der Waals surface area contributed by atoms with E-state index in [0.29, 0.717) is 5.95 Å². The highest BCUT2D eigenvalue weighted by atomic mass is 16.2. The number of rotatable bonds is 5. The predicted molar refractivity (Wildman–Crippen MR) is 105 cm³/mol. The Bertz CT molecular complexity index is 1100. The van der Waals surface area contributed by atoms with Gasteiger partial charge in [-0.3, -0.25) is 14.9 Å². The number of hydrogen-bond donors (Lipinski definition) is 4. The molecule has 0 aliphatic rings. The maximum atomic E-state index is 12.6. The molecule has 8 nitrogen and oxygen atoms in total. The van der Waals surface area contributed by atoms with Crippen LogP contribution in [0.1, 0.15) is 39.5 Å². The van der Waals surface area contributed by atoms with Crippen LogP contribution in [0.25, 0.3) is 11.0 Å². The number of fused-ring (bicyclic) bond motifs is 1. The van der Waals surface area contributed by atoms with Gasteiger partial charge in [-0.15, -0.1) is 0 Å². The van der Waals surface area contributed by atoms with Crippen LogP contribution < -0.4 is 10.6 Å². The summed E-state index contributed by atoms with van der Waals surface area (Å²) in [6.07, 6.45) is 1.32. The number of aromatic amines is 2. The zero-order valence-corrected chi connectivity index (χ0v) is 15.1. The molecule has 2 aromatic carbocycles. The number of aromatic nitrogens is 4. The van der Waals surface area contributed by atoms with Crippen molar-refractivity contribution in [2.75, 3.05) is 5.32 Å². The van der Waals surface area contributed by atoms with Gasteiger partial charge in [0, 0.05) is 0 Å². The molecule has 8 heteroatoms. The monoisotopic (exact) mass is 374 g/mol. The fourth-order valence-electron chi connectivity index (χ4n) is 2.91. The van der Waals surface area contributed by atoms with Gasteiger partial charge in [0.2, 0.25) is 5.95 Å². The van der Waals surface area contributed by atoms with Crippen molar-refractivity contribution in [3.05, 3.63) is 77.9 Å². The molecule has 2 aromatic heterocycles. The van der Waals surface area contributed by atoms with E-state index in [4.69, 9.17) is 0 Å². The van der Waals surface area contributed by atoms with Crippen molar-refractivity contribution < 1.29 is 9.59 Å². The Balaban J connectivity index is 1.49. The van der Waals surface area contributed by atoms with E-state index in [9.17, 15) is 9.59 Å². The molecule has 0 saturated heterocycles. The lowest BCUT2D eigenvalue weighted by atomic mass is 10.1. The maximum Gasteiger partial charge on any atom is 0.279 e. The molecule has 2 heterocycles. The first-order valence-corrected chi connectivity index (χ1v) is 8.77. The standard InChI is InChI=1S/C20H18N6O2/c1-12(13-7-3-2-4-8-13)23-18(27)16-17(22-11-21-16)19(28)26-20-24-14-9-5-6-10-15(14)25-20/h2-12H,1H3,(H,21,22)(H,23,27)(H2,24,25,26,28). The molecule has 2 amide bonds. The highest BCUT2D eigenvalue weighted by Gasteiger charge is 2.22. The molecule has 4 N–H and O–H groups in total. The molecule has 0 spiro atoms. The van der Waals surface area contributed by atoms with Crippen LogP contribution in [0.15, 0.2) is 60.9 Å². The van der Waals surface area contributed by atoms with E-state index in [1.165, 1.54) is 6.33 Å². The number of anilines is 1. The van der Waals surface area contributed by atoms with Crippen molar-refractivity contribution in [3.8, 4) is 0 Å². The van der Waals surface area contributed by atoms with Crippen LogP contribution in [0.2, 0.25) is 0 Å². The van der Waals surface area contributed by atoms with Crippen molar-refractivity contribution in [1.82, 2.24) is 25.3 Å². The van der Waals surface area contributed by atoms with E-state index in [1.807, 2.05) is 61.5 Å². The van der Waals surface area contributed by atoms with Gasteiger partial charge in [0.1, 0.15) is 5.69 Å². The molecule has 0 bridgehead atoms. The second-order valence-corrected chi connectivity index (χ2v) is 6.29. The number of para-hydroxylation sites is 2. The van der Waals surface area contributed by atoms with Crippen LogP contribution in [0.5, 0.6) is 0 Å². The van der Waals surface area contributed by atoms with Gasteiger partial charge in [-0.25, -0.2) is 9.97 Å². The number of nitrogens with one attached hydrogen (secondary N) is 4. The number of carbonyl (C=O) groups is 2. The van der Waals surface area contributed by atoms with E-state index in [-0.39, 0.29) is 17.4 Å². The third-order valence-corrected chi connectivity index (χ3v) is 4.35. The number of H-pyrrole nitrogens is 2. The van der Waals surface area contributed by atoms with Crippen LogP contribution in [-0.2, 0) is 0 Å². The molecule has 1 unspecified atom stereocenters. The molecule has 0 saturated carbocycles. The van der Waals surface area contributed by atoms with Gasteiger partial charge in [0.15, 0.2) is 5.69 Å². The Labute approximate surface area is 160 Å². The summed E-state index contributed by atoms with van der Waals surface area (Å²) in [5.74, 6) is -0.653. The number of benzene rings is 2. The normalized spacial score (nSPS) is 11.9. The summed E-state index contributed by atoms with van der Waals surface area (Å²) in [5, 5.41) is 5.51. The van der Waals surface area contributed by atoms with Crippen molar-refractivity contribution in [3.63, 3.8) is 0 Å². The summed E-state index contributed by atoms with van der Waals surface area (Å²) < 4.78 is 0. The van der Waals surface area contributed by atoms with E-state index < -0.39 is 11.8 Å². The van der Waals surface area contributed by atoms with Crippen molar-refractivity contribution >= 4 is 28.8 Å². The minimum atomic E-state index is -0.530. The molecule has 4 aromatic rings.